The van der Waals surface area contributed by atoms with Gasteiger partial charge < -0.3 is 5.11 Å². The van der Waals surface area contributed by atoms with E-state index < -0.39 is 5.97 Å². The van der Waals surface area contributed by atoms with Gasteiger partial charge in [0.15, 0.2) is 5.69 Å². The van der Waals surface area contributed by atoms with Crippen molar-refractivity contribution in [3.05, 3.63) is 11.9 Å². The van der Waals surface area contributed by atoms with Crippen LogP contribution in [0.2, 0.25) is 0 Å². The molecular formula is C12H15N5O4. The van der Waals surface area contributed by atoms with E-state index in [1.54, 1.807) is 4.68 Å². The van der Waals surface area contributed by atoms with Gasteiger partial charge in [-0.3, -0.25) is 19.4 Å². The maximum absolute atomic E-state index is 11.5. The highest BCUT2D eigenvalue weighted by Crippen LogP contribution is 2.20. The fraction of sp³-hybridized carbons (Fsp3) is 0.583. The van der Waals surface area contributed by atoms with Crippen molar-refractivity contribution >= 4 is 17.8 Å². The number of carbonyl (C=O) groups excluding carboxylic acids is 2. The molecule has 9 heteroatoms. The van der Waals surface area contributed by atoms with Crippen LogP contribution in [-0.2, 0) is 9.59 Å². The summed E-state index contributed by atoms with van der Waals surface area (Å²) in [5, 5.41) is 16.1. The number of carboxylic acid groups (broad SMARTS) is 1. The average Bonchev–Trinajstić information content (AvgIpc) is 2.98. The second-order valence-electron chi connectivity index (χ2n) is 5.24. The number of hydrogen-bond donors (Lipinski definition) is 1. The lowest BCUT2D eigenvalue weighted by Gasteiger charge is -2.39. The minimum atomic E-state index is -1.09. The van der Waals surface area contributed by atoms with Crippen molar-refractivity contribution in [1.82, 2.24) is 24.8 Å². The molecule has 0 unspecified atom stereocenters. The van der Waals surface area contributed by atoms with E-state index in [1.165, 1.54) is 11.1 Å². The van der Waals surface area contributed by atoms with E-state index in [9.17, 15) is 14.4 Å². The zero-order chi connectivity index (χ0) is 15.0. The van der Waals surface area contributed by atoms with E-state index in [-0.39, 0.29) is 23.6 Å². The molecule has 1 aromatic rings. The Morgan fingerprint density at radius 3 is 2.48 bits per heavy atom. The number of aromatic carboxylic acids is 1. The highest BCUT2D eigenvalue weighted by Gasteiger charge is 2.33. The quantitative estimate of drug-likeness (QED) is 0.692. The fourth-order valence-electron chi connectivity index (χ4n) is 2.56. The maximum Gasteiger partial charge on any atom is 0.358 e. The highest BCUT2D eigenvalue weighted by molar-refractivity contribution is 6.01. The Morgan fingerprint density at radius 1 is 1.24 bits per heavy atom. The van der Waals surface area contributed by atoms with Crippen LogP contribution in [0.3, 0.4) is 0 Å². The molecular weight excluding hydrogens is 278 g/mol. The number of nitrogens with zero attached hydrogens (tertiary/aromatic N) is 5. The summed E-state index contributed by atoms with van der Waals surface area (Å²) in [7, 11) is 0. The number of hydrogen-bond acceptors (Lipinski definition) is 6. The number of rotatable bonds is 5. The van der Waals surface area contributed by atoms with E-state index in [0.717, 1.165) is 0 Å². The number of aromatic nitrogens is 3. The Bertz CT molecular complexity index is 576. The van der Waals surface area contributed by atoms with Crippen LogP contribution in [0.1, 0.15) is 29.4 Å². The topological polar surface area (TPSA) is 109 Å². The van der Waals surface area contributed by atoms with Crippen LogP contribution in [0.15, 0.2) is 6.20 Å². The van der Waals surface area contributed by atoms with E-state index in [4.69, 9.17) is 5.11 Å². The van der Waals surface area contributed by atoms with Crippen LogP contribution in [0.4, 0.5) is 0 Å². The van der Waals surface area contributed by atoms with Gasteiger partial charge in [0.25, 0.3) is 0 Å². The molecule has 1 N–H and O–H groups in total. The summed E-state index contributed by atoms with van der Waals surface area (Å²) >= 11 is 0. The van der Waals surface area contributed by atoms with Crippen molar-refractivity contribution in [2.45, 2.75) is 18.9 Å². The third kappa shape index (κ3) is 2.64. The van der Waals surface area contributed by atoms with Crippen LogP contribution in [0.5, 0.6) is 0 Å². The summed E-state index contributed by atoms with van der Waals surface area (Å²) in [4.78, 5) is 37.1. The normalized spacial score (nSPS) is 20.1. The van der Waals surface area contributed by atoms with Crippen molar-refractivity contribution in [2.24, 2.45) is 0 Å². The lowest BCUT2D eigenvalue weighted by atomic mass is 10.1. The van der Waals surface area contributed by atoms with Gasteiger partial charge in [-0.15, -0.1) is 5.10 Å². The van der Waals surface area contributed by atoms with Gasteiger partial charge in [-0.2, -0.15) is 0 Å². The van der Waals surface area contributed by atoms with E-state index in [2.05, 4.69) is 15.2 Å². The zero-order valence-electron chi connectivity index (χ0n) is 11.3. The summed E-state index contributed by atoms with van der Waals surface area (Å²) in [5.74, 6) is -1.29. The van der Waals surface area contributed by atoms with Crippen LogP contribution >= 0.6 is 0 Å². The number of likely N-dealkylation sites (tertiary alicyclic amines) is 2. The van der Waals surface area contributed by atoms with E-state index in [0.29, 0.717) is 39.0 Å². The van der Waals surface area contributed by atoms with Crippen LogP contribution in [-0.4, -0.2) is 73.9 Å². The van der Waals surface area contributed by atoms with Crippen molar-refractivity contribution < 1.29 is 19.5 Å². The van der Waals surface area contributed by atoms with Crippen molar-refractivity contribution in [2.75, 3.05) is 26.2 Å². The highest BCUT2D eigenvalue weighted by atomic mass is 16.4. The molecule has 3 rings (SSSR count). The Kier molecular flexibility index (Phi) is 3.42. The van der Waals surface area contributed by atoms with Gasteiger partial charge in [-0.05, 0) is 0 Å². The average molecular weight is 293 g/mol. The van der Waals surface area contributed by atoms with Gasteiger partial charge in [0.2, 0.25) is 11.8 Å². The van der Waals surface area contributed by atoms with Gasteiger partial charge in [-0.25, -0.2) is 9.48 Å². The molecule has 0 radical (unpaired) electrons. The second kappa shape index (κ2) is 5.24. The number of amides is 2. The van der Waals surface area contributed by atoms with Gasteiger partial charge in [0.05, 0.1) is 12.2 Å². The fourth-order valence-corrected chi connectivity index (χ4v) is 2.56. The molecule has 0 aliphatic carbocycles. The van der Waals surface area contributed by atoms with Gasteiger partial charge in [-0.1, -0.05) is 5.21 Å². The molecule has 0 atom stereocenters. The predicted molar refractivity (Wildman–Crippen MR) is 68.4 cm³/mol. The van der Waals surface area contributed by atoms with Gasteiger partial charge >= 0.3 is 5.97 Å². The summed E-state index contributed by atoms with van der Waals surface area (Å²) in [5.41, 5.74) is -0.0679. The summed E-state index contributed by atoms with van der Waals surface area (Å²) < 4.78 is 1.55. The SMILES string of the molecule is O=C(O)c1cn(C2CN(CCN3C(=O)CCC3=O)C2)nn1. The van der Waals surface area contributed by atoms with E-state index in [1.807, 2.05) is 0 Å². The smallest absolute Gasteiger partial charge is 0.358 e. The first-order valence-electron chi connectivity index (χ1n) is 6.75. The molecule has 112 valence electrons. The van der Waals surface area contributed by atoms with Crippen LogP contribution in [0.25, 0.3) is 0 Å². The summed E-state index contributed by atoms with van der Waals surface area (Å²) in [6, 6.07) is 0.0931. The van der Waals surface area contributed by atoms with E-state index >= 15 is 0 Å². The minimum absolute atomic E-state index is 0.0679. The largest absolute Gasteiger partial charge is 0.476 e. The first-order chi connectivity index (χ1) is 10.0. The molecule has 3 heterocycles. The molecule has 2 aliphatic heterocycles. The first kappa shape index (κ1) is 13.7. The maximum atomic E-state index is 11.5. The zero-order valence-corrected chi connectivity index (χ0v) is 11.3. The molecule has 2 aliphatic rings. The first-order valence-corrected chi connectivity index (χ1v) is 6.75. The van der Waals surface area contributed by atoms with Gasteiger partial charge in [0, 0.05) is 39.0 Å². The standard InChI is InChI=1S/C12H15N5O4/c18-10-1-2-11(19)16(10)4-3-15-5-8(6-15)17-7-9(12(20)21)13-14-17/h7-8H,1-6H2,(H,20,21). The molecule has 2 amide bonds. The van der Waals surface area contributed by atoms with Crippen molar-refractivity contribution in [1.29, 1.82) is 0 Å². The Balaban J connectivity index is 1.46. The monoisotopic (exact) mass is 293 g/mol. The number of imide groups is 1. The molecule has 1 aromatic heterocycles. The predicted octanol–water partition coefficient (Wildman–Crippen LogP) is -1.02. The minimum Gasteiger partial charge on any atom is -0.476 e. The lowest BCUT2D eigenvalue weighted by molar-refractivity contribution is -0.138. The molecule has 0 aromatic carbocycles. The van der Waals surface area contributed by atoms with Crippen LogP contribution < -0.4 is 0 Å². The van der Waals surface area contributed by atoms with Crippen molar-refractivity contribution in [3.63, 3.8) is 0 Å². The lowest BCUT2D eigenvalue weighted by Crippen LogP contribution is -2.50. The molecule has 9 nitrogen and oxygen atoms in total. The molecule has 21 heavy (non-hydrogen) atoms. The third-order valence-electron chi connectivity index (χ3n) is 3.84. The number of carbonyl (C=O) groups is 3. The number of carboxylic acids is 1. The molecule has 0 bridgehead atoms. The Morgan fingerprint density at radius 2 is 1.90 bits per heavy atom. The van der Waals surface area contributed by atoms with Crippen LogP contribution in [0, 0.1) is 0 Å². The van der Waals surface area contributed by atoms with Crippen molar-refractivity contribution in [3.8, 4) is 0 Å². The third-order valence-corrected chi connectivity index (χ3v) is 3.84. The molecule has 2 fully saturated rings. The molecule has 0 saturated carbocycles. The summed E-state index contributed by atoms with van der Waals surface area (Å²) in [6.45, 7) is 2.47. The summed E-state index contributed by atoms with van der Waals surface area (Å²) in [6.07, 6.45) is 2.05. The molecule has 0 spiro atoms. The second-order valence-corrected chi connectivity index (χ2v) is 5.24. The van der Waals surface area contributed by atoms with Gasteiger partial charge in [0.1, 0.15) is 0 Å². The molecule has 2 saturated heterocycles. The Labute approximate surface area is 120 Å². The Hall–Kier alpha value is -2.29.